The number of carboxylic acid groups (broad SMARTS) is 1. The second-order valence-corrected chi connectivity index (χ2v) is 4.27. The summed E-state index contributed by atoms with van der Waals surface area (Å²) >= 11 is 0. The van der Waals surface area contributed by atoms with Crippen molar-refractivity contribution in [3.8, 4) is 0 Å². The molecule has 92 valence electrons. The number of hydrogen-bond donors (Lipinski definition) is 1. The quantitative estimate of drug-likeness (QED) is 0.866. The van der Waals surface area contributed by atoms with Gasteiger partial charge in [-0.2, -0.15) is 0 Å². The van der Waals surface area contributed by atoms with Gasteiger partial charge >= 0.3 is 5.97 Å². The lowest BCUT2D eigenvalue weighted by Crippen LogP contribution is -2.50. The van der Waals surface area contributed by atoms with Gasteiger partial charge < -0.3 is 10.0 Å². The van der Waals surface area contributed by atoms with Crippen LogP contribution in [0.15, 0.2) is 24.5 Å². The minimum absolute atomic E-state index is 0.351. The Morgan fingerprint density at radius 3 is 2.89 bits per heavy atom. The summed E-state index contributed by atoms with van der Waals surface area (Å²) in [5.74, 6) is -1.15. The first-order valence-corrected chi connectivity index (χ1v) is 5.54. The van der Waals surface area contributed by atoms with E-state index >= 15 is 0 Å². The molecule has 1 aromatic heterocycles. The molecular formula is C12H10FN3O2. The van der Waals surface area contributed by atoms with Crippen molar-refractivity contribution < 1.29 is 14.3 Å². The molecule has 1 N–H and O–H groups in total. The first-order chi connectivity index (χ1) is 8.66. The fourth-order valence-electron chi connectivity index (χ4n) is 2.10. The first-order valence-electron chi connectivity index (χ1n) is 5.54. The molecule has 2 heterocycles. The summed E-state index contributed by atoms with van der Waals surface area (Å²) in [5, 5.41) is 9.18. The first kappa shape index (κ1) is 10.9. The Balaban J connectivity index is 2.01. The Morgan fingerprint density at radius 1 is 1.39 bits per heavy atom. The number of benzene rings is 1. The Hall–Kier alpha value is -2.24. The second-order valence-electron chi connectivity index (χ2n) is 4.27. The van der Waals surface area contributed by atoms with Gasteiger partial charge in [0.05, 0.1) is 16.8 Å². The fourth-order valence-corrected chi connectivity index (χ4v) is 2.10. The van der Waals surface area contributed by atoms with Gasteiger partial charge in [0.15, 0.2) is 0 Å². The molecule has 0 bridgehead atoms. The summed E-state index contributed by atoms with van der Waals surface area (Å²) < 4.78 is 13.8. The minimum atomic E-state index is -0.829. The summed E-state index contributed by atoms with van der Waals surface area (Å²) in [5.41, 5.74) is 0.527. The molecule has 0 atom stereocenters. The average Bonchev–Trinajstić information content (AvgIpc) is 2.27. The van der Waals surface area contributed by atoms with Crippen LogP contribution in [0.4, 0.5) is 10.2 Å². The normalized spacial score (nSPS) is 15.7. The van der Waals surface area contributed by atoms with Crippen LogP contribution < -0.4 is 4.90 Å². The van der Waals surface area contributed by atoms with E-state index in [0.717, 1.165) is 0 Å². The van der Waals surface area contributed by atoms with Gasteiger partial charge in [-0.05, 0) is 12.1 Å². The fraction of sp³-hybridized carbons (Fsp3) is 0.250. The zero-order valence-corrected chi connectivity index (χ0v) is 9.38. The van der Waals surface area contributed by atoms with Crippen LogP contribution in [0.3, 0.4) is 0 Å². The van der Waals surface area contributed by atoms with E-state index in [2.05, 4.69) is 9.97 Å². The van der Waals surface area contributed by atoms with Crippen molar-refractivity contribution in [2.24, 2.45) is 5.92 Å². The summed E-state index contributed by atoms with van der Waals surface area (Å²) in [4.78, 5) is 20.6. The van der Waals surface area contributed by atoms with Gasteiger partial charge in [-0.25, -0.2) is 14.4 Å². The van der Waals surface area contributed by atoms with E-state index in [0.29, 0.717) is 29.8 Å². The molecule has 0 spiro atoms. The van der Waals surface area contributed by atoms with Crippen LogP contribution in [-0.2, 0) is 4.79 Å². The molecule has 0 radical (unpaired) electrons. The molecule has 0 aliphatic carbocycles. The molecular weight excluding hydrogens is 237 g/mol. The molecule has 0 unspecified atom stereocenters. The van der Waals surface area contributed by atoms with Crippen LogP contribution in [0, 0.1) is 11.7 Å². The van der Waals surface area contributed by atoms with Crippen molar-refractivity contribution in [2.75, 3.05) is 18.0 Å². The van der Waals surface area contributed by atoms with Crippen LogP contribution in [0.25, 0.3) is 10.9 Å². The molecule has 18 heavy (non-hydrogen) atoms. The van der Waals surface area contributed by atoms with Crippen LogP contribution in [-0.4, -0.2) is 34.1 Å². The van der Waals surface area contributed by atoms with E-state index in [4.69, 9.17) is 5.11 Å². The maximum Gasteiger partial charge on any atom is 0.310 e. The van der Waals surface area contributed by atoms with Gasteiger partial charge in [0.1, 0.15) is 18.0 Å². The lowest BCUT2D eigenvalue weighted by molar-refractivity contribution is -0.142. The molecule has 1 fully saturated rings. The van der Waals surface area contributed by atoms with Gasteiger partial charge in [0.25, 0.3) is 0 Å². The minimum Gasteiger partial charge on any atom is -0.481 e. The van der Waals surface area contributed by atoms with Crippen molar-refractivity contribution in [1.82, 2.24) is 9.97 Å². The number of anilines is 1. The standard InChI is InChI=1S/C12H10FN3O2/c13-8-2-1-3-9-10(8)11(15-6-14-9)16-4-7(5-16)12(17)18/h1-3,6-7H,4-5H2,(H,17,18). The maximum atomic E-state index is 13.8. The molecule has 0 saturated carbocycles. The number of aromatic nitrogens is 2. The highest BCUT2D eigenvalue weighted by Gasteiger charge is 2.34. The SMILES string of the molecule is O=C(O)C1CN(c2ncnc3cccc(F)c23)C1. The van der Waals surface area contributed by atoms with Crippen molar-refractivity contribution >= 4 is 22.7 Å². The number of hydrogen-bond acceptors (Lipinski definition) is 4. The molecule has 3 rings (SSSR count). The molecule has 0 amide bonds. The molecule has 1 aromatic carbocycles. The molecule has 2 aromatic rings. The summed E-state index contributed by atoms with van der Waals surface area (Å²) in [7, 11) is 0. The van der Waals surface area contributed by atoms with Gasteiger partial charge in [0, 0.05) is 13.1 Å². The molecule has 1 saturated heterocycles. The van der Waals surface area contributed by atoms with Crippen LogP contribution in [0.5, 0.6) is 0 Å². The highest BCUT2D eigenvalue weighted by molar-refractivity contribution is 5.90. The van der Waals surface area contributed by atoms with Gasteiger partial charge in [0.2, 0.25) is 0 Å². The summed E-state index contributed by atoms with van der Waals surface area (Å²) in [6.07, 6.45) is 1.37. The van der Waals surface area contributed by atoms with E-state index in [9.17, 15) is 9.18 Å². The van der Waals surface area contributed by atoms with E-state index in [1.807, 2.05) is 0 Å². The van der Waals surface area contributed by atoms with Crippen LogP contribution in [0.1, 0.15) is 0 Å². The van der Waals surface area contributed by atoms with E-state index in [1.54, 1.807) is 17.0 Å². The number of rotatable bonds is 2. The number of aliphatic carboxylic acids is 1. The molecule has 1 aliphatic rings. The van der Waals surface area contributed by atoms with Crippen molar-refractivity contribution in [2.45, 2.75) is 0 Å². The van der Waals surface area contributed by atoms with Gasteiger partial charge in [-0.15, -0.1) is 0 Å². The number of carbonyl (C=O) groups is 1. The smallest absolute Gasteiger partial charge is 0.310 e. The number of fused-ring (bicyclic) bond motifs is 1. The van der Waals surface area contributed by atoms with E-state index in [1.165, 1.54) is 12.4 Å². The van der Waals surface area contributed by atoms with Crippen molar-refractivity contribution in [3.63, 3.8) is 0 Å². The number of halogens is 1. The predicted molar refractivity (Wildman–Crippen MR) is 62.8 cm³/mol. The zero-order chi connectivity index (χ0) is 12.7. The lowest BCUT2D eigenvalue weighted by Gasteiger charge is -2.37. The molecule has 1 aliphatic heterocycles. The Morgan fingerprint density at radius 2 is 2.17 bits per heavy atom. The maximum absolute atomic E-state index is 13.8. The van der Waals surface area contributed by atoms with Crippen molar-refractivity contribution in [3.05, 3.63) is 30.3 Å². The monoisotopic (exact) mass is 247 g/mol. The lowest BCUT2D eigenvalue weighted by atomic mass is 10.00. The third-order valence-electron chi connectivity index (χ3n) is 3.12. The van der Waals surface area contributed by atoms with E-state index < -0.39 is 11.9 Å². The summed E-state index contributed by atoms with van der Waals surface area (Å²) in [6.45, 7) is 0.714. The zero-order valence-electron chi connectivity index (χ0n) is 9.38. The largest absolute Gasteiger partial charge is 0.481 e. The Kier molecular flexibility index (Phi) is 2.36. The topological polar surface area (TPSA) is 66.3 Å². The van der Waals surface area contributed by atoms with Gasteiger partial charge in [-0.1, -0.05) is 6.07 Å². The average molecular weight is 247 g/mol. The number of carboxylic acids is 1. The second kappa shape index (κ2) is 3.90. The van der Waals surface area contributed by atoms with Crippen molar-refractivity contribution in [1.29, 1.82) is 0 Å². The Bertz CT molecular complexity index is 620. The molecule has 6 heteroatoms. The van der Waals surface area contributed by atoms with Crippen LogP contribution in [0.2, 0.25) is 0 Å². The van der Waals surface area contributed by atoms with E-state index in [-0.39, 0.29) is 5.82 Å². The molecule has 5 nitrogen and oxygen atoms in total. The highest BCUT2D eigenvalue weighted by Crippen LogP contribution is 2.30. The third kappa shape index (κ3) is 1.57. The van der Waals surface area contributed by atoms with Crippen LogP contribution >= 0.6 is 0 Å². The summed E-state index contributed by atoms with van der Waals surface area (Å²) in [6, 6.07) is 4.65. The highest BCUT2D eigenvalue weighted by atomic mass is 19.1. The Labute approximate surface area is 102 Å². The number of nitrogens with zero attached hydrogens (tertiary/aromatic N) is 3. The third-order valence-corrected chi connectivity index (χ3v) is 3.12. The predicted octanol–water partition coefficient (Wildman–Crippen LogP) is 1.29. The van der Waals surface area contributed by atoms with Gasteiger partial charge in [-0.3, -0.25) is 4.79 Å².